The Labute approximate surface area is 165 Å². The molecule has 1 saturated heterocycles. The second kappa shape index (κ2) is 8.53. The molecule has 1 aliphatic heterocycles. The van der Waals surface area contributed by atoms with Crippen molar-refractivity contribution in [2.24, 2.45) is 0 Å². The van der Waals surface area contributed by atoms with Crippen LogP contribution in [0.2, 0.25) is 0 Å². The number of hydrogen-bond acceptors (Lipinski definition) is 2. The van der Waals surface area contributed by atoms with Crippen LogP contribution in [0.25, 0.3) is 17.3 Å². The lowest BCUT2D eigenvalue weighted by Gasteiger charge is -2.28. The first-order valence-corrected chi connectivity index (χ1v) is 9.94. The van der Waals surface area contributed by atoms with Crippen LogP contribution in [0.15, 0.2) is 60.3 Å². The van der Waals surface area contributed by atoms with Crippen LogP contribution in [0.4, 0.5) is 4.39 Å². The van der Waals surface area contributed by atoms with Crippen molar-refractivity contribution in [3.63, 3.8) is 0 Å². The van der Waals surface area contributed by atoms with Gasteiger partial charge in [-0.1, -0.05) is 53.6 Å². The zero-order valence-corrected chi connectivity index (χ0v) is 16.3. The summed E-state index contributed by atoms with van der Waals surface area (Å²) in [6.07, 6.45) is 7.32. The van der Waals surface area contributed by atoms with Gasteiger partial charge in [0.05, 0.1) is 11.9 Å². The van der Waals surface area contributed by atoms with Crippen LogP contribution in [0.5, 0.6) is 0 Å². The maximum Gasteiger partial charge on any atom is 0.123 e. The monoisotopic (exact) mass is 375 g/mol. The predicted molar refractivity (Wildman–Crippen MR) is 113 cm³/mol. The third-order valence-electron chi connectivity index (χ3n) is 5.49. The molecule has 1 aromatic heterocycles. The third kappa shape index (κ3) is 4.57. The average molecular weight is 375 g/mol. The van der Waals surface area contributed by atoms with Gasteiger partial charge in [-0.25, -0.2) is 4.39 Å². The lowest BCUT2D eigenvalue weighted by atomic mass is 10.00. The first-order valence-electron chi connectivity index (χ1n) is 9.94. The summed E-state index contributed by atoms with van der Waals surface area (Å²) in [6.45, 7) is 5.30. The summed E-state index contributed by atoms with van der Waals surface area (Å²) in [4.78, 5) is 2.52. The van der Waals surface area contributed by atoms with Gasteiger partial charge in [-0.2, -0.15) is 5.10 Å². The fourth-order valence-corrected chi connectivity index (χ4v) is 3.75. The van der Waals surface area contributed by atoms with E-state index in [1.807, 2.05) is 18.3 Å². The number of aromatic amines is 1. The minimum atomic E-state index is -0.179. The molecule has 0 spiro atoms. The lowest BCUT2D eigenvalue weighted by molar-refractivity contribution is 0.260. The van der Waals surface area contributed by atoms with E-state index in [4.69, 9.17) is 0 Å². The van der Waals surface area contributed by atoms with E-state index in [0.717, 1.165) is 50.2 Å². The van der Waals surface area contributed by atoms with Gasteiger partial charge in [0.1, 0.15) is 5.82 Å². The highest BCUT2D eigenvalue weighted by Gasteiger charge is 2.15. The Morgan fingerprint density at radius 3 is 2.46 bits per heavy atom. The molecule has 0 unspecified atom stereocenters. The highest BCUT2D eigenvalue weighted by molar-refractivity contribution is 5.63. The van der Waals surface area contributed by atoms with Gasteiger partial charge in [-0.15, -0.1) is 0 Å². The predicted octanol–water partition coefficient (Wildman–Crippen LogP) is 5.25. The van der Waals surface area contributed by atoms with Crippen molar-refractivity contribution < 1.29 is 4.39 Å². The Morgan fingerprint density at radius 1 is 1.04 bits per heavy atom. The molecule has 0 bridgehead atoms. The van der Waals surface area contributed by atoms with E-state index in [1.165, 1.54) is 34.4 Å². The van der Waals surface area contributed by atoms with Gasteiger partial charge in [-0.3, -0.25) is 5.10 Å². The number of rotatable bonds is 5. The van der Waals surface area contributed by atoms with Crippen molar-refractivity contribution in [1.29, 1.82) is 0 Å². The van der Waals surface area contributed by atoms with E-state index < -0.39 is 0 Å². The molecule has 3 nitrogen and oxygen atoms in total. The smallest absolute Gasteiger partial charge is 0.123 e. The van der Waals surface area contributed by atoms with Crippen LogP contribution < -0.4 is 0 Å². The zero-order chi connectivity index (χ0) is 19.3. The summed E-state index contributed by atoms with van der Waals surface area (Å²) in [5, 5.41) is 7.43. The molecule has 144 valence electrons. The van der Waals surface area contributed by atoms with E-state index in [2.05, 4.69) is 52.4 Å². The molecule has 2 aromatic carbocycles. The van der Waals surface area contributed by atoms with E-state index >= 15 is 0 Å². The van der Waals surface area contributed by atoms with Crippen molar-refractivity contribution in [2.75, 3.05) is 19.6 Å². The molecule has 4 rings (SSSR count). The topological polar surface area (TPSA) is 31.9 Å². The number of benzene rings is 2. The lowest BCUT2D eigenvalue weighted by Crippen LogP contribution is -2.32. The van der Waals surface area contributed by atoms with Gasteiger partial charge in [0, 0.05) is 19.6 Å². The highest BCUT2D eigenvalue weighted by Crippen LogP contribution is 2.24. The van der Waals surface area contributed by atoms with Crippen LogP contribution >= 0.6 is 0 Å². The van der Waals surface area contributed by atoms with Gasteiger partial charge >= 0.3 is 0 Å². The van der Waals surface area contributed by atoms with Crippen LogP contribution in [0.3, 0.4) is 0 Å². The fraction of sp³-hybridized carbons (Fsp3) is 0.292. The number of aryl methyl sites for hydroxylation is 1. The first-order chi connectivity index (χ1) is 13.7. The molecule has 2 heterocycles. The maximum absolute atomic E-state index is 13.0. The van der Waals surface area contributed by atoms with Crippen LogP contribution in [0.1, 0.15) is 29.5 Å². The van der Waals surface area contributed by atoms with Gasteiger partial charge in [0.25, 0.3) is 0 Å². The fourth-order valence-electron chi connectivity index (χ4n) is 3.75. The summed E-state index contributed by atoms with van der Waals surface area (Å²) in [6, 6.07) is 15.3. The molecular weight excluding hydrogens is 349 g/mol. The molecule has 28 heavy (non-hydrogen) atoms. The summed E-state index contributed by atoms with van der Waals surface area (Å²) >= 11 is 0. The molecule has 1 aliphatic rings. The van der Waals surface area contributed by atoms with Crippen molar-refractivity contribution in [1.82, 2.24) is 15.1 Å². The number of likely N-dealkylation sites (tertiary alicyclic amines) is 1. The Morgan fingerprint density at radius 2 is 1.75 bits per heavy atom. The van der Waals surface area contributed by atoms with Crippen molar-refractivity contribution in [3.05, 3.63) is 82.8 Å². The molecular formula is C24H26FN3. The van der Waals surface area contributed by atoms with Gasteiger partial charge in [0.15, 0.2) is 0 Å². The van der Waals surface area contributed by atoms with E-state index in [-0.39, 0.29) is 5.82 Å². The molecule has 4 heteroatoms. The number of aromatic nitrogens is 2. The van der Waals surface area contributed by atoms with E-state index in [9.17, 15) is 4.39 Å². The molecule has 1 N–H and O–H groups in total. The third-order valence-corrected chi connectivity index (χ3v) is 5.49. The quantitative estimate of drug-likeness (QED) is 0.661. The van der Waals surface area contributed by atoms with Crippen molar-refractivity contribution in [2.45, 2.75) is 26.2 Å². The summed E-state index contributed by atoms with van der Waals surface area (Å²) < 4.78 is 13.0. The van der Waals surface area contributed by atoms with E-state index in [1.54, 1.807) is 0 Å². The molecule has 0 radical (unpaired) electrons. The minimum absolute atomic E-state index is 0.179. The molecule has 0 aliphatic carbocycles. The molecule has 1 fully saturated rings. The number of nitrogens with zero attached hydrogens (tertiary/aromatic N) is 2. The summed E-state index contributed by atoms with van der Waals surface area (Å²) in [5.41, 5.74) is 7.41. The normalized spacial score (nSPS) is 15.0. The maximum atomic E-state index is 13.0. The molecule has 0 amide bonds. The Kier molecular flexibility index (Phi) is 5.68. The minimum Gasteiger partial charge on any atom is -0.302 e. The van der Waals surface area contributed by atoms with Gasteiger partial charge in [-0.05, 0) is 55.0 Å². The second-order valence-electron chi connectivity index (χ2n) is 7.58. The number of halogens is 1. The number of hydrogen-bond donors (Lipinski definition) is 1. The number of piperidine rings is 1. The van der Waals surface area contributed by atoms with Gasteiger partial charge < -0.3 is 4.90 Å². The Bertz CT molecular complexity index is 929. The van der Waals surface area contributed by atoms with Crippen molar-refractivity contribution in [3.8, 4) is 11.3 Å². The SMILES string of the molecule is Cc1ccc(-c2[nH]ncc2CCN2CCC(=Cc3ccc(F)cc3)CC2)cc1. The van der Waals surface area contributed by atoms with Crippen LogP contribution in [0, 0.1) is 12.7 Å². The standard InChI is InChI=1S/C24H26FN3/c1-18-2-6-21(7-3-18)24-22(17-26-27-24)12-15-28-13-10-20(11-14-28)16-19-4-8-23(25)9-5-19/h2-9,16-17H,10-15H2,1H3,(H,26,27). The molecule has 0 atom stereocenters. The molecule has 3 aromatic rings. The van der Waals surface area contributed by atoms with Crippen LogP contribution in [-0.2, 0) is 6.42 Å². The highest BCUT2D eigenvalue weighted by atomic mass is 19.1. The average Bonchev–Trinajstić information content (AvgIpc) is 3.18. The first kappa shape index (κ1) is 18.6. The Hall–Kier alpha value is -2.72. The van der Waals surface area contributed by atoms with Crippen molar-refractivity contribution >= 4 is 6.08 Å². The Balaban J connectivity index is 1.32. The second-order valence-corrected chi connectivity index (χ2v) is 7.58. The number of H-pyrrole nitrogens is 1. The summed E-state index contributed by atoms with van der Waals surface area (Å²) in [5.74, 6) is -0.179. The molecule has 0 saturated carbocycles. The zero-order valence-electron chi connectivity index (χ0n) is 16.3. The number of nitrogens with one attached hydrogen (secondary N) is 1. The van der Waals surface area contributed by atoms with E-state index in [0.29, 0.717) is 0 Å². The van der Waals surface area contributed by atoms with Crippen LogP contribution in [-0.4, -0.2) is 34.7 Å². The largest absolute Gasteiger partial charge is 0.302 e. The van der Waals surface area contributed by atoms with Gasteiger partial charge in [0.2, 0.25) is 0 Å². The summed E-state index contributed by atoms with van der Waals surface area (Å²) in [7, 11) is 0.